The number of benzene rings is 3. The van der Waals surface area contributed by atoms with Gasteiger partial charge in [-0.05, 0) is 90.5 Å². The quantitative estimate of drug-likeness (QED) is 0.524. The molecule has 2 bridgehead atoms. The van der Waals surface area contributed by atoms with Gasteiger partial charge in [-0.15, -0.1) is 0 Å². The van der Waals surface area contributed by atoms with Gasteiger partial charge in [-0.1, -0.05) is 36.4 Å². The van der Waals surface area contributed by atoms with E-state index < -0.39 is 0 Å². The zero-order chi connectivity index (χ0) is 20.9. The van der Waals surface area contributed by atoms with Crippen molar-refractivity contribution >= 4 is 17.3 Å². The number of hydrogen-bond acceptors (Lipinski definition) is 2. The van der Waals surface area contributed by atoms with E-state index in [1.165, 1.54) is 42.5 Å². The lowest BCUT2D eigenvalue weighted by Gasteiger charge is -2.43. The van der Waals surface area contributed by atoms with Crippen LogP contribution in [0.1, 0.15) is 52.7 Å². The molecule has 0 aromatic heterocycles. The van der Waals surface area contributed by atoms with Crippen LogP contribution in [0.15, 0.2) is 72.8 Å². The van der Waals surface area contributed by atoms with Crippen LogP contribution < -0.4 is 10.6 Å². The van der Waals surface area contributed by atoms with E-state index >= 15 is 0 Å². The molecule has 0 radical (unpaired) electrons. The molecule has 3 aliphatic rings. The van der Waals surface area contributed by atoms with Crippen LogP contribution in [0, 0.1) is 23.6 Å². The number of rotatable bonds is 3. The van der Waals surface area contributed by atoms with Gasteiger partial charge in [0.1, 0.15) is 5.82 Å². The Kier molecular flexibility index (Phi) is 4.34. The number of halogens is 1. The van der Waals surface area contributed by atoms with Crippen molar-refractivity contribution in [3.8, 4) is 0 Å². The SMILES string of the molecule is O=C(Nc1cccc(F)c1)c1ccc2c(c1)[C@@H]1[C@H]3CC[C@@H](C3)[C@@H]1[C@H](c1ccccc1)N2. The fourth-order valence-electron chi connectivity index (χ4n) is 6.39. The summed E-state index contributed by atoms with van der Waals surface area (Å²) in [5.41, 5.74) is 4.87. The first-order valence-corrected chi connectivity index (χ1v) is 11.2. The van der Waals surface area contributed by atoms with Crippen molar-refractivity contribution in [3.63, 3.8) is 0 Å². The largest absolute Gasteiger partial charge is 0.378 e. The van der Waals surface area contributed by atoms with Crippen LogP contribution in [-0.4, -0.2) is 5.91 Å². The Balaban J connectivity index is 1.35. The highest BCUT2D eigenvalue weighted by molar-refractivity contribution is 6.04. The van der Waals surface area contributed by atoms with Gasteiger partial charge in [0.05, 0.1) is 6.04 Å². The van der Waals surface area contributed by atoms with E-state index in [-0.39, 0.29) is 11.7 Å². The zero-order valence-corrected chi connectivity index (χ0v) is 17.2. The standard InChI is InChI=1S/C27H25FN2O/c28-20-7-4-8-21(15-20)29-27(31)19-11-12-23-22(14-19)24-17-9-10-18(13-17)25(24)26(30-23)16-5-2-1-3-6-16/h1-8,11-12,14-15,17-18,24-26,30H,9-10,13H2,(H,29,31)/t17-,18-,24-,25-,26-/m0/s1. The van der Waals surface area contributed by atoms with E-state index in [9.17, 15) is 9.18 Å². The minimum atomic E-state index is -0.357. The summed E-state index contributed by atoms with van der Waals surface area (Å²) in [4.78, 5) is 12.9. The molecule has 1 amide bonds. The molecule has 4 heteroatoms. The number of nitrogens with one attached hydrogen (secondary N) is 2. The van der Waals surface area contributed by atoms with Gasteiger partial charge in [0.15, 0.2) is 0 Å². The molecule has 1 aliphatic heterocycles. The molecule has 2 saturated carbocycles. The van der Waals surface area contributed by atoms with E-state index in [4.69, 9.17) is 0 Å². The van der Waals surface area contributed by atoms with Gasteiger partial charge in [0, 0.05) is 16.9 Å². The van der Waals surface area contributed by atoms with Gasteiger partial charge < -0.3 is 10.6 Å². The summed E-state index contributed by atoms with van der Waals surface area (Å²) in [6.45, 7) is 0. The molecular formula is C27H25FN2O. The van der Waals surface area contributed by atoms with E-state index in [0.717, 1.165) is 11.6 Å². The highest BCUT2D eigenvalue weighted by Gasteiger charge is 2.53. The summed E-state index contributed by atoms with van der Waals surface area (Å²) < 4.78 is 13.5. The zero-order valence-electron chi connectivity index (χ0n) is 17.2. The first-order valence-electron chi connectivity index (χ1n) is 11.2. The molecule has 0 saturated heterocycles. The van der Waals surface area contributed by atoms with Crippen molar-refractivity contribution in [2.75, 3.05) is 10.6 Å². The van der Waals surface area contributed by atoms with Crippen LogP contribution in [0.3, 0.4) is 0 Å². The second-order valence-corrected chi connectivity index (χ2v) is 9.24. The summed E-state index contributed by atoms with van der Waals surface area (Å²) in [5.74, 6) is 1.94. The van der Waals surface area contributed by atoms with Crippen molar-refractivity contribution in [3.05, 3.63) is 95.3 Å². The molecule has 156 valence electrons. The minimum Gasteiger partial charge on any atom is -0.378 e. The first kappa shape index (κ1) is 18.6. The lowest BCUT2D eigenvalue weighted by atomic mass is 9.68. The predicted molar refractivity (Wildman–Crippen MR) is 121 cm³/mol. The molecule has 0 unspecified atom stereocenters. The highest BCUT2D eigenvalue weighted by Crippen LogP contribution is 2.63. The molecule has 31 heavy (non-hydrogen) atoms. The lowest BCUT2D eigenvalue weighted by molar-refractivity contribution is 0.102. The van der Waals surface area contributed by atoms with E-state index in [1.54, 1.807) is 12.1 Å². The minimum absolute atomic E-state index is 0.196. The average Bonchev–Trinajstić information content (AvgIpc) is 3.42. The van der Waals surface area contributed by atoms with Crippen molar-refractivity contribution in [2.45, 2.75) is 31.2 Å². The third kappa shape index (κ3) is 3.13. The monoisotopic (exact) mass is 412 g/mol. The van der Waals surface area contributed by atoms with E-state index in [0.29, 0.717) is 35.0 Å². The lowest BCUT2D eigenvalue weighted by Crippen LogP contribution is -2.35. The second-order valence-electron chi connectivity index (χ2n) is 9.24. The maximum Gasteiger partial charge on any atom is 0.255 e. The molecular weight excluding hydrogens is 387 g/mol. The fraction of sp³-hybridized carbons (Fsp3) is 0.296. The van der Waals surface area contributed by atoms with Gasteiger partial charge in [-0.2, -0.15) is 0 Å². The van der Waals surface area contributed by atoms with Crippen molar-refractivity contribution in [1.82, 2.24) is 0 Å². The third-order valence-corrected chi connectivity index (χ3v) is 7.59. The topological polar surface area (TPSA) is 41.1 Å². The Hall–Kier alpha value is -3.14. The molecule has 1 heterocycles. The summed E-state index contributed by atoms with van der Waals surface area (Å²) in [6, 6.07) is 23.1. The number of hydrogen-bond donors (Lipinski definition) is 2. The molecule has 2 aliphatic carbocycles. The van der Waals surface area contributed by atoms with E-state index in [2.05, 4.69) is 47.0 Å². The number of anilines is 2. The molecule has 6 rings (SSSR count). The maximum atomic E-state index is 13.5. The average molecular weight is 413 g/mol. The summed E-state index contributed by atoms with van der Waals surface area (Å²) in [7, 11) is 0. The molecule has 2 N–H and O–H groups in total. The van der Waals surface area contributed by atoms with Gasteiger partial charge in [-0.3, -0.25) is 4.79 Å². The predicted octanol–water partition coefficient (Wildman–Crippen LogP) is 6.37. The second kappa shape index (κ2) is 7.23. The van der Waals surface area contributed by atoms with Gasteiger partial charge in [-0.25, -0.2) is 4.39 Å². The molecule has 0 spiro atoms. The molecule has 3 nitrogen and oxygen atoms in total. The van der Waals surface area contributed by atoms with Crippen LogP contribution in [0.25, 0.3) is 0 Å². The van der Waals surface area contributed by atoms with Crippen LogP contribution in [0.4, 0.5) is 15.8 Å². The van der Waals surface area contributed by atoms with Crippen molar-refractivity contribution in [2.24, 2.45) is 17.8 Å². The molecule has 5 atom stereocenters. The summed E-state index contributed by atoms with van der Waals surface area (Å²) in [5, 5.41) is 6.65. The maximum absolute atomic E-state index is 13.5. The van der Waals surface area contributed by atoms with Crippen molar-refractivity contribution < 1.29 is 9.18 Å². The van der Waals surface area contributed by atoms with Crippen LogP contribution >= 0.6 is 0 Å². The Labute approximate surface area is 181 Å². The number of carbonyl (C=O) groups excluding carboxylic acids is 1. The number of fused-ring (bicyclic) bond motifs is 7. The Morgan fingerprint density at radius 1 is 0.935 bits per heavy atom. The normalized spacial score (nSPS) is 27.8. The number of carbonyl (C=O) groups is 1. The Morgan fingerprint density at radius 2 is 1.77 bits per heavy atom. The molecule has 2 fully saturated rings. The van der Waals surface area contributed by atoms with Crippen LogP contribution in [0.5, 0.6) is 0 Å². The summed E-state index contributed by atoms with van der Waals surface area (Å²) in [6.07, 6.45) is 3.89. The molecule has 3 aromatic carbocycles. The van der Waals surface area contributed by atoms with E-state index in [1.807, 2.05) is 12.1 Å². The van der Waals surface area contributed by atoms with Crippen LogP contribution in [0.2, 0.25) is 0 Å². The highest BCUT2D eigenvalue weighted by atomic mass is 19.1. The first-order chi connectivity index (χ1) is 15.2. The Bertz CT molecular complexity index is 1140. The third-order valence-electron chi connectivity index (χ3n) is 7.59. The van der Waals surface area contributed by atoms with Crippen LogP contribution in [-0.2, 0) is 0 Å². The van der Waals surface area contributed by atoms with Gasteiger partial charge in [0.25, 0.3) is 5.91 Å². The smallest absolute Gasteiger partial charge is 0.255 e. The fourth-order valence-corrected chi connectivity index (χ4v) is 6.39. The summed E-state index contributed by atoms with van der Waals surface area (Å²) >= 11 is 0. The van der Waals surface area contributed by atoms with Gasteiger partial charge >= 0.3 is 0 Å². The van der Waals surface area contributed by atoms with Gasteiger partial charge in [0.2, 0.25) is 0 Å². The van der Waals surface area contributed by atoms with Crippen molar-refractivity contribution in [1.29, 1.82) is 0 Å². The Morgan fingerprint density at radius 3 is 2.61 bits per heavy atom. The molecule has 3 aromatic rings. The number of amides is 1.